The Morgan fingerprint density at radius 1 is 1.12 bits per heavy atom. The zero-order valence-corrected chi connectivity index (χ0v) is 13.2. The van der Waals surface area contributed by atoms with Gasteiger partial charge in [-0.25, -0.2) is 0 Å². The molecule has 3 aromatic rings. The van der Waals surface area contributed by atoms with Gasteiger partial charge in [0.15, 0.2) is 0 Å². The summed E-state index contributed by atoms with van der Waals surface area (Å²) in [5, 5.41) is 20.7. The Labute approximate surface area is 145 Å². The fourth-order valence-electron chi connectivity index (χ4n) is 2.49. The van der Waals surface area contributed by atoms with Crippen molar-refractivity contribution in [2.24, 2.45) is 0 Å². The van der Waals surface area contributed by atoms with E-state index < -0.39 is 16.7 Å². The first-order valence-corrected chi connectivity index (χ1v) is 7.53. The van der Waals surface area contributed by atoms with Crippen LogP contribution in [0.5, 0.6) is 0 Å². The second kappa shape index (κ2) is 6.87. The van der Waals surface area contributed by atoms with Crippen molar-refractivity contribution in [1.82, 2.24) is 10.2 Å². The van der Waals surface area contributed by atoms with Gasteiger partial charge >= 0.3 is 6.18 Å². The van der Waals surface area contributed by atoms with E-state index >= 15 is 0 Å². The van der Waals surface area contributed by atoms with E-state index in [2.05, 4.69) is 15.5 Å². The number of hydrogen-bond donors (Lipinski definition) is 2. The maximum Gasteiger partial charge on any atom is 0.416 e. The van der Waals surface area contributed by atoms with Gasteiger partial charge < -0.3 is 5.32 Å². The van der Waals surface area contributed by atoms with Crippen LogP contribution in [0, 0.1) is 10.1 Å². The highest BCUT2D eigenvalue weighted by molar-refractivity contribution is 5.65. The van der Waals surface area contributed by atoms with Crippen LogP contribution in [-0.4, -0.2) is 15.1 Å². The minimum atomic E-state index is -4.40. The van der Waals surface area contributed by atoms with E-state index in [1.54, 1.807) is 18.2 Å². The highest BCUT2D eigenvalue weighted by Crippen LogP contribution is 2.31. The molecule has 0 atom stereocenters. The van der Waals surface area contributed by atoms with Crippen LogP contribution in [0.1, 0.15) is 11.1 Å². The molecule has 0 saturated carbocycles. The molecule has 9 heteroatoms. The predicted octanol–water partition coefficient (Wildman–Crippen LogP) is 4.62. The fourth-order valence-corrected chi connectivity index (χ4v) is 2.49. The summed E-state index contributed by atoms with van der Waals surface area (Å²) in [7, 11) is 0. The van der Waals surface area contributed by atoms with Gasteiger partial charge in [-0.05, 0) is 23.8 Å². The van der Waals surface area contributed by atoms with Crippen LogP contribution in [0.25, 0.3) is 11.3 Å². The Kier molecular flexibility index (Phi) is 4.61. The van der Waals surface area contributed by atoms with Crippen molar-refractivity contribution in [3.8, 4) is 11.3 Å². The summed E-state index contributed by atoms with van der Waals surface area (Å²) in [6.07, 6.45) is -2.88. The zero-order valence-electron chi connectivity index (χ0n) is 13.2. The number of rotatable bonds is 5. The predicted molar refractivity (Wildman–Crippen MR) is 89.4 cm³/mol. The topological polar surface area (TPSA) is 83.8 Å². The molecule has 0 radical (unpaired) electrons. The van der Waals surface area contributed by atoms with Gasteiger partial charge in [-0.3, -0.25) is 15.2 Å². The molecule has 0 spiro atoms. The first-order chi connectivity index (χ1) is 12.4. The monoisotopic (exact) mass is 362 g/mol. The van der Waals surface area contributed by atoms with Crippen molar-refractivity contribution in [2.75, 3.05) is 5.32 Å². The Balaban J connectivity index is 1.81. The second-order valence-electron chi connectivity index (χ2n) is 5.47. The van der Waals surface area contributed by atoms with Gasteiger partial charge in [0.1, 0.15) is 5.69 Å². The van der Waals surface area contributed by atoms with Gasteiger partial charge in [0.25, 0.3) is 5.69 Å². The zero-order chi connectivity index (χ0) is 18.7. The minimum Gasteiger partial charge on any atom is -0.375 e. The summed E-state index contributed by atoms with van der Waals surface area (Å²) >= 11 is 0. The van der Waals surface area contributed by atoms with Crippen molar-refractivity contribution in [3.63, 3.8) is 0 Å². The maximum absolute atomic E-state index is 12.7. The van der Waals surface area contributed by atoms with Gasteiger partial charge in [0, 0.05) is 18.2 Å². The SMILES string of the molecule is O=[N+]([O-])c1ccccc1NCc1cn[nH]c1-c1ccc(C(F)(F)F)cc1. The molecule has 1 aromatic heterocycles. The van der Waals surface area contributed by atoms with Crippen LogP contribution in [0.4, 0.5) is 24.5 Å². The molecule has 26 heavy (non-hydrogen) atoms. The lowest BCUT2D eigenvalue weighted by molar-refractivity contribution is -0.384. The van der Waals surface area contributed by atoms with E-state index in [1.807, 2.05) is 0 Å². The van der Waals surface area contributed by atoms with E-state index in [9.17, 15) is 23.3 Å². The molecule has 3 rings (SSSR count). The fraction of sp³-hybridized carbons (Fsp3) is 0.118. The lowest BCUT2D eigenvalue weighted by Gasteiger charge is -2.09. The van der Waals surface area contributed by atoms with Crippen LogP contribution < -0.4 is 5.32 Å². The quantitative estimate of drug-likeness (QED) is 0.513. The van der Waals surface area contributed by atoms with E-state index in [-0.39, 0.29) is 12.2 Å². The number of benzene rings is 2. The number of H-pyrrole nitrogens is 1. The molecule has 0 amide bonds. The third-order valence-electron chi connectivity index (χ3n) is 3.79. The van der Waals surface area contributed by atoms with Gasteiger partial charge in [0.2, 0.25) is 0 Å². The minimum absolute atomic E-state index is 0.0629. The average molecular weight is 362 g/mol. The number of anilines is 1. The standard InChI is InChI=1S/C17H13F3N4O2/c18-17(19,20)13-7-5-11(6-8-13)16-12(10-22-23-16)9-21-14-3-1-2-4-15(14)24(25)26/h1-8,10,21H,9H2,(H,22,23). The summed E-state index contributed by atoms with van der Waals surface area (Å²) in [5.74, 6) is 0. The smallest absolute Gasteiger partial charge is 0.375 e. The van der Waals surface area contributed by atoms with Crippen molar-refractivity contribution in [2.45, 2.75) is 12.7 Å². The van der Waals surface area contributed by atoms with Crippen molar-refractivity contribution >= 4 is 11.4 Å². The van der Waals surface area contributed by atoms with Crippen molar-refractivity contribution in [3.05, 3.63) is 76.0 Å². The van der Waals surface area contributed by atoms with Crippen LogP contribution in [0.3, 0.4) is 0 Å². The lowest BCUT2D eigenvalue weighted by Crippen LogP contribution is -2.04. The summed E-state index contributed by atoms with van der Waals surface area (Å²) in [6, 6.07) is 10.9. The number of alkyl halides is 3. The Morgan fingerprint density at radius 3 is 2.46 bits per heavy atom. The number of halogens is 3. The number of nitro groups is 1. The first-order valence-electron chi connectivity index (χ1n) is 7.53. The molecule has 0 aliphatic carbocycles. The number of nitrogens with zero attached hydrogens (tertiary/aromatic N) is 2. The first kappa shape index (κ1) is 17.5. The van der Waals surface area contributed by atoms with E-state index in [0.29, 0.717) is 22.5 Å². The molecule has 0 aliphatic rings. The maximum atomic E-state index is 12.7. The third-order valence-corrected chi connectivity index (χ3v) is 3.79. The molecule has 0 bridgehead atoms. The number of aromatic nitrogens is 2. The molecule has 0 unspecified atom stereocenters. The molecule has 2 N–H and O–H groups in total. The van der Waals surface area contributed by atoms with Gasteiger partial charge in [-0.2, -0.15) is 18.3 Å². The number of nitro benzene ring substituents is 1. The van der Waals surface area contributed by atoms with Crippen LogP contribution in [-0.2, 0) is 12.7 Å². The van der Waals surface area contributed by atoms with Crippen LogP contribution in [0.2, 0.25) is 0 Å². The lowest BCUT2D eigenvalue weighted by atomic mass is 10.1. The van der Waals surface area contributed by atoms with Crippen molar-refractivity contribution in [1.29, 1.82) is 0 Å². The van der Waals surface area contributed by atoms with Gasteiger partial charge in [-0.1, -0.05) is 24.3 Å². The molecular weight excluding hydrogens is 349 g/mol. The molecule has 2 aromatic carbocycles. The Hall–Kier alpha value is -3.36. The third kappa shape index (κ3) is 3.66. The summed E-state index contributed by atoms with van der Waals surface area (Å²) in [6.45, 7) is 0.220. The average Bonchev–Trinajstić information content (AvgIpc) is 3.08. The Morgan fingerprint density at radius 2 is 1.81 bits per heavy atom. The van der Waals surface area contributed by atoms with E-state index in [1.165, 1.54) is 24.4 Å². The van der Waals surface area contributed by atoms with Crippen LogP contribution in [0.15, 0.2) is 54.7 Å². The summed E-state index contributed by atoms with van der Waals surface area (Å²) < 4.78 is 38.0. The van der Waals surface area contributed by atoms with Gasteiger partial charge in [0.05, 0.1) is 22.4 Å². The molecular formula is C17H13F3N4O2. The molecule has 0 fully saturated rings. The summed E-state index contributed by atoms with van der Waals surface area (Å²) in [5.41, 5.74) is 1.30. The van der Waals surface area contributed by atoms with Gasteiger partial charge in [-0.15, -0.1) is 0 Å². The number of aromatic amines is 1. The second-order valence-corrected chi connectivity index (χ2v) is 5.47. The van der Waals surface area contributed by atoms with E-state index in [0.717, 1.165) is 12.1 Å². The molecule has 0 saturated heterocycles. The summed E-state index contributed by atoms with van der Waals surface area (Å²) in [4.78, 5) is 10.5. The highest BCUT2D eigenvalue weighted by atomic mass is 19.4. The largest absolute Gasteiger partial charge is 0.416 e. The molecule has 134 valence electrons. The van der Waals surface area contributed by atoms with Crippen molar-refractivity contribution < 1.29 is 18.1 Å². The molecule has 6 nitrogen and oxygen atoms in total. The normalized spacial score (nSPS) is 11.3. The highest BCUT2D eigenvalue weighted by Gasteiger charge is 2.30. The number of para-hydroxylation sites is 2. The van der Waals surface area contributed by atoms with E-state index in [4.69, 9.17) is 0 Å². The van der Waals surface area contributed by atoms with Crippen LogP contribution >= 0.6 is 0 Å². The molecule has 1 heterocycles. The molecule has 0 aliphatic heterocycles. The Bertz CT molecular complexity index is 920. The number of nitrogens with one attached hydrogen (secondary N) is 2. The number of hydrogen-bond acceptors (Lipinski definition) is 4.